The number of benzene rings is 4. The van der Waals surface area contributed by atoms with Crippen LogP contribution in [0.1, 0.15) is 47.9 Å². The van der Waals surface area contributed by atoms with Crippen LogP contribution in [0.3, 0.4) is 0 Å². The average molecular weight is 478 g/mol. The minimum atomic E-state index is -0.778. The van der Waals surface area contributed by atoms with E-state index in [1.165, 1.54) is 11.1 Å². The molecule has 0 aromatic heterocycles. The van der Waals surface area contributed by atoms with Crippen molar-refractivity contribution >= 4 is 0 Å². The highest BCUT2D eigenvalue weighted by molar-refractivity contribution is 5.32. The van der Waals surface area contributed by atoms with Gasteiger partial charge in [0.1, 0.15) is 12.4 Å². The van der Waals surface area contributed by atoms with Crippen LogP contribution in [0.4, 0.5) is 0 Å². The highest BCUT2D eigenvalue weighted by atomic mass is 16.5. The second-order valence-electron chi connectivity index (χ2n) is 9.94. The highest BCUT2D eigenvalue weighted by Gasteiger charge is 2.36. The van der Waals surface area contributed by atoms with Crippen LogP contribution in [-0.2, 0) is 25.3 Å². The quantitative estimate of drug-likeness (QED) is 0.279. The largest absolute Gasteiger partial charge is 0.489 e. The first kappa shape index (κ1) is 24.3. The van der Waals surface area contributed by atoms with E-state index in [-0.39, 0.29) is 0 Å². The molecule has 0 amide bonds. The van der Waals surface area contributed by atoms with Gasteiger partial charge >= 0.3 is 0 Å². The molecule has 0 unspecified atom stereocenters. The normalized spacial score (nSPS) is 19.8. The first-order valence-corrected chi connectivity index (χ1v) is 13.0. The molecular formula is C33H35NO2. The smallest absolute Gasteiger partial charge is 0.119 e. The molecule has 184 valence electrons. The third-order valence-electron chi connectivity index (χ3n) is 7.40. The lowest BCUT2D eigenvalue weighted by molar-refractivity contribution is -0.0277. The summed E-state index contributed by atoms with van der Waals surface area (Å²) in [4.78, 5) is 2.59. The van der Waals surface area contributed by atoms with Crippen LogP contribution in [-0.4, -0.2) is 16.0 Å². The van der Waals surface area contributed by atoms with Crippen molar-refractivity contribution in [3.8, 4) is 5.75 Å². The van der Waals surface area contributed by atoms with Gasteiger partial charge in [0.2, 0.25) is 0 Å². The van der Waals surface area contributed by atoms with Crippen molar-refractivity contribution in [1.29, 1.82) is 0 Å². The van der Waals surface area contributed by atoms with Gasteiger partial charge in [-0.1, -0.05) is 103 Å². The molecule has 0 radical (unpaired) electrons. The summed E-state index contributed by atoms with van der Waals surface area (Å²) in [5.74, 6) is 0.830. The molecule has 5 rings (SSSR count). The van der Waals surface area contributed by atoms with E-state index in [0.717, 1.165) is 55.6 Å². The van der Waals surface area contributed by atoms with Crippen LogP contribution in [0, 0.1) is 0 Å². The van der Waals surface area contributed by atoms with Crippen LogP contribution < -0.4 is 4.74 Å². The number of ether oxygens (including phenoxy) is 1. The Bertz CT molecular complexity index is 1140. The van der Waals surface area contributed by atoms with E-state index in [1.54, 1.807) is 0 Å². The summed E-state index contributed by atoms with van der Waals surface area (Å²) in [6.07, 6.45) is 3.48. The number of rotatable bonds is 9. The molecular weight excluding hydrogens is 442 g/mol. The zero-order valence-corrected chi connectivity index (χ0v) is 20.8. The van der Waals surface area contributed by atoms with Gasteiger partial charge in [-0.25, -0.2) is 0 Å². The summed E-state index contributed by atoms with van der Waals surface area (Å²) >= 11 is 0. The van der Waals surface area contributed by atoms with Gasteiger partial charge in [0.05, 0.1) is 5.60 Å². The van der Waals surface area contributed by atoms with Crippen molar-refractivity contribution in [3.63, 3.8) is 0 Å². The monoisotopic (exact) mass is 477 g/mol. The molecule has 3 heteroatoms. The minimum absolute atomic E-state index is 0.444. The fourth-order valence-electron chi connectivity index (χ4n) is 5.29. The maximum atomic E-state index is 11.6. The molecule has 0 bridgehead atoms. The number of hydrogen-bond acceptors (Lipinski definition) is 3. The topological polar surface area (TPSA) is 32.7 Å². The third-order valence-corrected chi connectivity index (χ3v) is 7.40. The fraction of sp³-hybridized carbons (Fsp3) is 0.273. The van der Waals surface area contributed by atoms with Crippen LogP contribution >= 0.6 is 0 Å². The molecule has 4 aromatic rings. The fourth-order valence-corrected chi connectivity index (χ4v) is 5.29. The minimum Gasteiger partial charge on any atom is -0.489 e. The molecule has 0 heterocycles. The molecule has 1 N–H and O–H groups in total. The highest BCUT2D eigenvalue weighted by Crippen LogP contribution is 2.39. The van der Waals surface area contributed by atoms with E-state index in [4.69, 9.17) is 4.74 Å². The molecule has 0 spiro atoms. The van der Waals surface area contributed by atoms with Crippen LogP contribution in [0.2, 0.25) is 0 Å². The van der Waals surface area contributed by atoms with Gasteiger partial charge in [0, 0.05) is 19.1 Å². The molecule has 36 heavy (non-hydrogen) atoms. The molecule has 3 nitrogen and oxygen atoms in total. The Balaban J connectivity index is 1.22. The van der Waals surface area contributed by atoms with E-state index in [2.05, 4.69) is 77.7 Å². The van der Waals surface area contributed by atoms with Gasteiger partial charge in [-0.15, -0.1) is 0 Å². The Hall–Kier alpha value is -3.40. The summed E-state index contributed by atoms with van der Waals surface area (Å²) in [7, 11) is 0. The van der Waals surface area contributed by atoms with Crippen LogP contribution in [0.5, 0.6) is 5.75 Å². The van der Waals surface area contributed by atoms with Crippen molar-refractivity contribution in [2.45, 2.75) is 57.0 Å². The van der Waals surface area contributed by atoms with E-state index >= 15 is 0 Å². The van der Waals surface area contributed by atoms with Gasteiger partial charge in [-0.05, 0) is 60.1 Å². The van der Waals surface area contributed by atoms with Crippen LogP contribution in [0.25, 0.3) is 0 Å². The molecule has 0 saturated heterocycles. The Morgan fingerprint density at radius 2 is 1.11 bits per heavy atom. The summed E-state index contributed by atoms with van der Waals surface area (Å²) in [6.45, 7) is 2.39. The molecule has 4 aromatic carbocycles. The SMILES string of the molecule is OC1(c2ccc(OCc3ccccc3)cc2)CCC(N(Cc2ccccc2)Cc2ccccc2)CC1. The Labute approximate surface area is 215 Å². The zero-order valence-electron chi connectivity index (χ0n) is 20.8. The molecule has 0 aliphatic heterocycles. The summed E-state index contributed by atoms with van der Waals surface area (Å²) in [5.41, 5.74) is 4.03. The number of nitrogens with zero attached hydrogens (tertiary/aromatic N) is 1. The standard InChI is InChI=1S/C33H35NO2/c35-33(30-16-18-32(19-17-30)36-26-29-14-8-3-9-15-29)22-20-31(21-23-33)34(24-27-10-4-1-5-11-27)25-28-12-6-2-7-13-28/h1-19,31,35H,20-26H2. The molecule has 1 aliphatic carbocycles. The predicted molar refractivity (Wildman–Crippen MR) is 145 cm³/mol. The van der Waals surface area contributed by atoms with Crippen molar-refractivity contribution < 1.29 is 9.84 Å². The molecule has 1 aliphatic rings. The third kappa shape index (κ3) is 6.23. The lowest BCUT2D eigenvalue weighted by Gasteiger charge is -2.41. The number of aliphatic hydroxyl groups is 1. The molecule has 0 atom stereocenters. The Morgan fingerprint density at radius 1 is 0.639 bits per heavy atom. The van der Waals surface area contributed by atoms with Gasteiger partial charge in [-0.2, -0.15) is 0 Å². The first-order valence-electron chi connectivity index (χ1n) is 13.0. The van der Waals surface area contributed by atoms with Crippen molar-refractivity contribution in [2.24, 2.45) is 0 Å². The summed E-state index contributed by atoms with van der Waals surface area (Å²) in [6, 6.07) is 40.1. The van der Waals surface area contributed by atoms with Gasteiger partial charge < -0.3 is 9.84 Å². The average Bonchev–Trinajstić information content (AvgIpc) is 2.94. The van der Waals surface area contributed by atoms with E-state index < -0.39 is 5.60 Å². The van der Waals surface area contributed by atoms with E-state index in [0.29, 0.717) is 12.6 Å². The summed E-state index contributed by atoms with van der Waals surface area (Å²) in [5, 5.41) is 11.6. The van der Waals surface area contributed by atoms with Crippen molar-refractivity contribution in [2.75, 3.05) is 0 Å². The Kier molecular flexibility index (Phi) is 7.80. The second kappa shape index (κ2) is 11.6. The van der Waals surface area contributed by atoms with Crippen LogP contribution in [0.15, 0.2) is 115 Å². The summed E-state index contributed by atoms with van der Waals surface area (Å²) < 4.78 is 5.94. The zero-order chi connectivity index (χ0) is 24.6. The van der Waals surface area contributed by atoms with Gasteiger partial charge in [-0.3, -0.25) is 4.90 Å². The molecule has 1 saturated carbocycles. The van der Waals surface area contributed by atoms with E-state index in [9.17, 15) is 5.11 Å². The van der Waals surface area contributed by atoms with Crippen molar-refractivity contribution in [3.05, 3.63) is 138 Å². The lowest BCUT2D eigenvalue weighted by atomic mass is 9.77. The maximum absolute atomic E-state index is 11.6. The lowest BCUT2D eigenvalue weighted by Crippen LogP contribution is -2.42. The number of hydrogen-bond donors (Lipinski definition) is 1. The van der Waals surface area contributed by atoms with Gasteiger partial charge in [0.25, 0.3) is 0 Å². The first-order chi connectivity index (χ1) is 17.7. The van der Waals surface area contributed by atoms with Crippen molar-refractivity contribution in [1.82, 2.24) is 4.90 Å². The van der Waals surface area contributed by atoms with E-state index in [1.807, 2.05) is 42.5 Å². The second-order valence-corrected chi connectivity index (χ2v) is 9.94. The van der Waals surface area contributed by atoms with Gasteiger partial charge in [0.15, 0.2) is 0 Å². The molecule has 1 fully saturated rings. The maximum Gasteiger partial charge on any atom is 0.119 e. The Morgan fingerprint density at radius 3 is 1.61 bits per heavy atom. The predicted octanol–water partition coefficient (Wildman–Crippen LogP) is 7.10.